The number of nitrogens with zero attached hydrogens (tertiary/aromatic N) is 1. The van der Waals surface area contributed by atoms with Crippen molar-refractivity contribution in [1.29, 1.82) is 0 Å². The zero-order chi connectivity index (χ0) is 18.0. The summed E-state index contributed by atoms with van der Waals surface area (Å²) in [7, 11) is 0. The quantitative estimate of drug-likeness (QED) is 0.819. The van der Waals surface area contributed by atoms with Crippen LogP contribution in [0, 0.1) is 5.82 Å². The zero-order valence-electron chi connectivity index (χ0n) is 13.0. The Labute approximate surface area is 153 Å². The molecule has 3 rings (SSSR count). The first-order chi connectivity index (χ1) is 12.0. The van der Waals surface area contributed by atoms with Crippen LogP contribution in [-0.4, -0.2) is 28.6 Å². The van der Waals surface area contributed by atoms with Crippen LogP contribution in [0.5, 0.6) is 0 Å². The van der Waals surface area contributed by atoms with E-state index in [2.05, 4.69) is 0 Å². The molecule has 7 heteroatoms. The van der Waals surface area contributed by atoms with Crippen LogP contribution < -0.4 is 5.11 Å². The van der Waals surface area contributed by atoms with Crippen LogP contribution in [0.15, 0.2) is 48.5 Å². The Morgan fingerprint density at radius 2 is 1.80 bits per heavy atom. The van der Waals surface area contributed by atoms with Gasteiger partial charge in [-0.15, -0.1) is 11.8 Å². The number of carbonyl (C=O) groups is 2. The van der Waals surface area contributed by atoms with Crippen molar-refractivity contribution in [2.24, 2.45) is 0 Å². The van der Waals surface area contributed by atoms with E-state index in [-0.39, 0.29) is 23.9 Å². The molecule has 2 aromatic carbocycles. The van der Waals surface area contributed by atoms with Gasteiger partial charge in [0.25, 0.3) is 0 Å². The second-order valence-corrected chi connectivity index (χ2v) is 7.23. The predicted molar refractivity (Wildman–Crippen MR) is 92.4 cm³/mol. The number of carboxylic acids is 1. The molecule has 0 spiro atoms. The molecule has 1 saturated heterocycles. The Hall–Kier alpha value is -2.05. The third kappa shape index (κ3) is 3.96. The molecule has 130 valence electrons. The van der Waals surface area contributed by atoms with Crippen LogP contribution in [0.4, 0.5) is 4.39 Å². The highest BCUT2D eigenvalue weighted by atomic mass is 35.5. The van der Waals surface area contributed by atoms with Gasteiger partial charge in [0.2, 0.25) is 5.91 Å². The second-order valence-electron chi connectivity index (χ2n) is 5.68. The molecule has 1 fully saturated rings. The molecule has 0 bridgehead atoms. The van der Waals surface area contributed by atoms with Gasteiger partial charge in [0, 0.05) is 10.8 Å². The standard InChI is InChI=1S/C18H15ClFNO3S/c19-13-5-1-11(2-6-13)9-16(22)21-15(18(23)24)10-25-17(21)12-3-7-14(20)8-4-12/h1-8,15,17H,9-10H2,(H,23,24)/p-1/t15-,17-/m0/s1. The van der Waals surface area contributed by atoms with Gasteiger partial charge in [-0.2, -0.15) is 0 Å². The summed E-state index contributed by atoms with van der Waals surface area (Å²) in [4.78, 5) is 25.5. The summed E-state index contributed by atoms with van der Waals surface area (Å²) in [5.74, 6) is -1.77. The van der Waals surface area contributed by atoms with Gasteiger partial charge in [-0.05, 0) is 35.4 Å². The molecule has 0 saturated carbocycles. The summed E-state index contributed by atoms with van der Waals surface area (Å²) in [6, 6.07) is 11.5. The molecule has 0 unspecified atom stereocenters. The fourth-order valence-electron chi connectivity index (χ4n) is 2.74. The van der Waals surface area contributed by atoms with Gasteiger partial charge in [-0.25, -0.2) is 4.39 Å². The van der Waals surface area contributed by atoms with Gasteiger partial charge in [0.1, 0.15) is 11.2 Å². The van der Waals surface area contributed by atoms with E-state index in [1.165, 1.54) is 28.8 Å². The van der Waals surface area contributed by atoms with Crippen molar-refractivity contribution in [3.63, 3.8) is 0 Å². The third-order valence-electron chi connectivity index (χ3n) is 3.98. The maximum absolute atomic E-state index is 13.2. The van der Waals surface area contributed by atoms with Crippen LogP contribution in [0.1, 0.15) is 16.5 Å². The summed E-state index contributed by atoms with van der Waals surface area (Å²) >= 11 is 7.17. The summed E-state index contributed by atoms with van der Waals surface area (Å²) in [5.41, 5.74) is 1.42. The topological polar surface area (TPSA) is 60.4 Å². The highest BCUT2D eigenvalue weighted by Crippen LogP contribution is 2.41. The van der Waals surface area contributed by atoms with E-state index in [0.717, 1.165) is 5.56 Å². The first-order valence-corrected chi connectivity index (χ1v) is 9.02. The highest BCUT2D eigenvalue weighted by Gasteiger charge is 2.38. The van der Waals surface area contributed by atoms with Crippen molar-refractivity contribution in [2.45, 2.75) is 17.8 Å². The molecule has 0 N–H and O–H groups in total. The number of halogens is 2. The molecule has 4 nitrogen and oxygen atoms in total. The number of hydrogen-bond acceptors (Lipinski definition) is 4. The van der Waals surface area contributed by atoms with E-state index in [1.807, 2.05) is 0 Å². The number of carboxylic acid groups (broad SMARTS) is 1. The maximum Gasteiger partial charge on any atom is 0.228 e. The minimum Gasteiger partial charge on any atom is -0.548 e. The lowest BCUT2D eigenvalue weighted by molar-refractivity contribution is -0.310. The Bertz CT molecular complexity index is 782. The van der Waals surface area contributed by atoms with E-state index in [1.54, 1.807) is 36.4 Å². The molecule has 1 heterocycles. The number of rotatable bonds is 4. The Kier molecular flexibility index (Phi) is 5.30. The lowest BCUT2D eigenvalue weighted by atomic mass is 10.1. The van der Waals surface area contributed by atoms with Crippen molar-refractivity contribution in [2.75, 3.05) is 5.75 Å². The number of aliphatic carboxylic acids is 1. The first kappa shape index (κ1) is 17.8. The number of hydrogen-bond donors (Lipinski definition) is 0. The van der Waals surface area contributed by atoms with E-state index in [9.17, 15) is 19.1 Å². The minimum absolute atomic E-state index is 0.0548. The van der Waals surface area contributed by atoms with Crippen molar-refractivity contribution in [3.8, 4) is 0 Å². The lowest BCUT2D eigenvalue weighted by Crippen LogP contribution is -2.49. The number of thioether (sulfide) groups is 1. The Morgan fingerprint density at radius 1 is 1.16 bits per heavy atom. The molecule has 0 aromatic heterocycles. The highest BCUT2D eigenvalue weighted by molar-refractivity contribution is 7.99. The normalized spacial score (nSPS) is 19.8. The molecular weight excluding hydrogens is 365 g/mol. The maximum atomic E-state index is 13.2. The van der Waals surface area contributed by atoms with E-state index >= 15 is 0 Å². The zero-order valence-corrected chi connectivity index (χ0v) is 14.6. The molecule has 2 aromatic rings. The van der Waals surface area contributed by atoms with Crippen molar-refractivity contribution >= 4 is 35.2 Å². The number of carbonyl (C=O) groups excluding carboxylic acids is 2. The van der Waals surface area contributed by atoms with Crippen molar-refractivity contribution in [3.05, 3.63) is 70.5 Å². The van der Waals surface area contributed by atoms with Crippen molar-refractivity contribution in [1.82, 2.24) is 4.90 Å². The van der Waals surface area contributed by atoms with E-state index < -0.39 is 17.4 Å². The molecule has 0 radical (unpaired) electrons. The van der Waals surface area contributed by atoms with E-state index in [0.29, 0.717) is 10.6 Å². The van der Waals surface area contributed by atoms with Gasteiger partial charge < -0.3 is 14.8 Å². The number of benzene rings is 2. The van der Waals surface area contributed by atoms with Gasteiger partial charge in [0.15, 0.2) is 0 Å². The van der Waals surface area contributed by atoms with Gasteiger partial charge in [-0.3, -0.25) is 4.79 Å². The third-order valence-corrected chi connectivity index (χ3v) is 5.56. The average Bonchev–Trinajstić information content (AvgIpc) is 3.03. The second kappa shape index (κ2) is 7.45. The number of amides is 1. The molecule has 25 heavy (non-hydrogen) atoms. The largest absolute Gasteiger partial charge is 0.548 e. The molecular formula is C18H14ClFNO3S-. The van der Waals surface area contributed by atoms with Crippen LogP contribution in [0.2, 0.25) is 5.02 Å². The fourth-order valence-corrected chi connectivity index (χ4v) is 4.31. The van der Waals surface area contributed by atoms with Gasteiger partial charge in [0.05, 0.1) is 18.4 Å². The molecule has 1 amide bonds. The smallest absolute Gasteiger partial charge is 0.228 e. The molecule has 1 aliphatic heterocycles. The van der Waals surface area contributed by atoms with E-state index in [4.69, 9.17) is 11.6 Å². The van der Waals surface area contributed by atoms with Gasteiger partial charge in [-0.1, -0.05) is 35.9 Å². The minimum atomic E-state index is -1.29. The fraction of sp³-hybridized carbons (Fsp3) is 0.222. The van der Waals surface area contributed by atoms with Crippen LogP contribution >= 0.6 is 23.4 Å². The summed E-state index contributed by atoms with van der Waals surface area (Å²) in [6.07, 6.45) is 0.0548. The Balaban J connectivity index is 1.86. The molecule has 2 atom stereocenters. The molecule has 1 aliphatic rings. The summed E-state index contributed by atoms with van der Waals surface area (Å²) < 4.78 is 13.2. The molecule has 0 aliphatic carbocycles. The monoisotopic (exact) mass is 378 g/mol. The lowest BCUT2D eigenvalue weighted by Gasteiger charge is -2.30. The van der Waals surface area contributed by atoms with Crippen LogP contribution in [-0.2, 0) is 16.0 Å². The SMILES string of the molecule is O=C([O-])[C@@H]1CS[C@@H](c2ccc(F)cc2)N1C(=O)Cc1ccc(Cl)cc1. The Morgan fingerprint density at radius 3 is 2.40 bits per heavy atom. The van der Waals surface area contributed by atoms with Crippen LogP contribution in [0.3, 0.4) is 0 Å². The van der Waals surface area contributed by atoms with Gasteiger partial charge >= 0.3 is 0 Å². The van der Waals surface area contributed by atoms with Crippen LogP contribution in [0.25, 0.3) is 0 Å². The first-order valence-electron chi connectivity index (χ1n) is 7.59. The average molecular weight is 379 g/mol. The summed E-state index contributed by atoms with van der Waals surface area (Å²) in [6.45, 7) is 0. The summed E-state index contributed by atoms with van der Waals surface area (Å²) in [5, 5.41) is 11.5. The van der Waals surface area contributed by atoms with Crippen molar-refractivity contribution < 1.29 is 19.1 Å². The predicted octanol–water partition coefficient (Wildman–Crippen LogP) is 2.41.